The molecular formula is C18H27NO3. The standard InChI is InChI=1S/C18H27NO3/c1-5-18(21-13-15-9-7-6-8-10-15)11-12-19(14-18)16(20)22-17(2,3)4/h6-10H,5,11-14H2,1-4H3. The largest absolute Gasteiger partial charge is 0.444 e. The van der Waals surface area contributed by atoms with E-state index in [1.54, 1.807) is 4.90 Å². The summed E-state index contributed by atoms with van der Waals surface area (Å²) in [6.45, 7) is 9.66. The second-order valence-electron chi connectivity index (χ2n) is 6.96. The first-order valence-corrected chi connectivity index (χ1v) is 7.99. The third kappa shape index (κ3) is 4.47. The van der Waals surface area contributed by atoms with E-state index in [0.29, 0.717) is 19.7 Å². The van der Waals surface area contributed by atoms with Gasteiger partial charge in [-0.05, 0) is 39.2 Å². The molecule has 0 N–H and O–H groups in total. The van der Waals surface area contributed by atoms with Gasteiger partial charge in [0.25, 0.3) is 0 Å². The first-order valence-electron chi connectivity index (χ1n) is 7.99. The summed E-state index contributed by atoms with van der Waals surface area (Å²) < 4.78 is 11.6. The Morgan fingerprint density at radius 1 is 1.27 bits per heavy atom. The molecule has 0 saturated carbocycles. The molecule has 1 aromatic carbocycles. The van der Waals surface area contributed by atoms with Crippen LogP contribution in [0.25, 0.3) is 0 Å². The minimum absolute atomic E-state index is 0.244. The van der Waals surface area contributed by atoms with Gasteiger partial charge in [0.1, 0.15) is 5.60 Å². The highest BCUT2D eigenvalue weighted by atomic mass is 16.6. The summed E-state index contributed by atoms with van der Waals surface area (Å²) in [6, 6.07) is 10.1. The molecular weight excluding hydrogens is 278 g/mol. The monoisotopic (exact) mass is 305 g/mol. The van der Waals surface area contributed by atoms with Crippen LogP contribution in [0.4, 0.5) is 4.79 Å². The van der Waals surface area contributed by atoms with Gasteiger partial charge >= 0.3 is 6.09 Å². The number of carbonyl (C=O) groups is 1. The lowest BCUT2D eigenvalue weighted by Gasteiger charge is -2.29. The van der Waals surface area contributed by atoms with Gasteiger partial charge in [0, 0.05) is 6.54 Å². The van der Waals surface area contributed by atoms with Gasteiger partial charge in [-0.3, -0.25) is 0 Å². The molecule has 1 fully saturated rings. The number of likely N-dealkylation sites (tertiary alicyclic amines) is 1. The number of hydrogen-bond acceptors (Lipinski definition) is 3. The molecule has 1 saturated heterocycles. The Hall–Kier alpha value is -1.55. The van der Waals surface area contributed by atoms with Crippen LogP contribution in [0.3, 0.4) is 0 Å². The van der Waals surface area contributed by atoms with Crippen molar-refractivity contribution in [2.75, 3.05) is 13.1 Å². The van der Waals surface area contributed by atoms with Crippen LogP contribution in [0.2, 0.25) is 0 Å². The Bertz CT molecular complexity index is 495. The number of rotatable bonds is 4. The maximum Gasteiger partial charge on any atom is 0.410 e. The number of hydrogen-bond donors (Lipinski definition) is 0. The quantitative estimate of drug-likeness (QED) is 0.844. The van der Waals surface area contributed by atoms with Crippen LogP contribution in [0, 0.1) is 0 Å². The maximum atomic E-state index is 12.2. The van der Waals surface area contributed by atoms with Crippen molar-refractivity contribution in [2.45, 2.75) is 58.3 Å². The van der Waals surface area contributed by atoms with Gasteiger partial charge in [-0.25, -0.2) is 4.79 Å². The average Bonchev–Trinajstić information content (AvgIpc) is 2.90. The van der Waals surface area contributed by atoms with Crippen molar-refractivity contribution < 1.29 is 14.3 Å². The number of carbonyl (C=O) groups excluding carboxylic acids is 1. The zero-order valence-corrected chi connectivity index (χ0v) is 14.1. The molecule has 22 heavy (non-hydrogen) atoms. The first-order chi connectivity index (χ1) is 10.3. The van der Waals surface area contributed by atoms with Crippen molar-refractivity contribution in [1.29, 1.82) is 0 Å². The number of ether oxygens (including phenoxy) is 2. The van der Waals surface area contributed by atoms with Gasteiger partial charge in [0.05, 0.1) is 18.8 Å². The summed E-state index contributed by atoms with van der Waals surface area (Å²) in [5.74, 6) is 0. The molecule has 0 bridgehead atoms. The van der Waals surface area contributed by atoms with Gasteiger partial charge in [0.2, 0.25) is 0 Å². The molecule has 0 aliphatic carbocycles. The van der Waals surface area contributed by atoms with E-state index in [4.69, 9.17) is 9.47 Å². The van der Waals surface area contributed by atoms with Crippen molar-refractivity contribution >= 4 is 6.09 Å². The summed E-state index contributed by atoms with van der Waals surface area (Å²) in [5.41, 5.74) is 0.442. The fourth-order valence-electron chi connectivity index (χ4n) is 2.65. The van der Waals surface area contributed by atoms with Crippen LogP contribution < -0.4 is 0 Å². The molecule has 1 heterocycles. The predicted molar refractivity (Wildman–Crippen MR) is 86.7 cm³/mol. The van der Waals surface area contributed by atoms with E-state index < -0.39 is 5.60 Å². The van der Waals surface area contributed by atoms with Crippen molar-refractivity contribution in [1.82, 2.24) is 4.90 Å². The minimum atomic E-state index is -0.459. The molecule has 1 aromatic rings. The fraction of sp³-hybridized carbons (Fsp3) is 0.611. The summed E-state index contributed by atoms with van der Waals surface area (Å²) in [6.07, 6.45) is 1.50. The van der Waals surface area contributed by atoms with Crippen LogP contribution in [-0.4, -0.2) is 35.3 Å². The fourth-order valence-corrected chi connectivity index (χ4v) is 2.65. The van der Waals surface area contributed by atoms with Gasteiger partial charge < -0.3 is 14.4 Å². The normalized spacial score (nSPS) is 21.9. The van der Waals surface area contributed by atoms with Crippen molar-refractivity contribution in [3.63, 3.8) is 0 Å². The maximum absolute atomic E-state index is 12.2. The number of nitrogens with zero attached hydrogens (tertiary/aromatic N) is 1. The smallest absolute Gasteiger partial charge is 0.410 e. The van der Waals surface area contributed by atoms with E-state index in [1.165, 1.54) is 0 Å². The Labute approximate surface area is 133 Å². The topological polar surface area (TPSA) is 38.8 Å². The zero-order chi connectivity index (χ0) is 16.2. The second kappa shape index (κ2) is 6.69. The zero-order valence-electron chi connectivity index (χ0n) is 14.1. The van der Waals surface area contributed by atoms with Crippen LogP contribution in [-0.2, 0) is 16.1 Å². The molecule has 0 spiro atoms. The Morgan fingerprint density at radius 2 is 1.95 bits per heavy atom. The molecule has 1 unspecified atom stereocenters. The van der Waals surface area contributed by atoms with E-state index in [-0.39, 0.29) is 11.7 Å². The van der Waals surface area contributed by atoms with Crippen LogP contribution in [0.15, 0.2) is 30.3 Å². The van der Waals surface area contributed by atoms with Crippen molar-refractivity contribution in [3.8, 4) is 0 Å². The molecule has 0 radical (unpaired) electrons. The Balaban J connectivity index is 1.93. The van der Waals surface area contributed by atoms with Gasteiger partial charge in [-0.15, -0.1) is 0 Å². The molecule has 4 nitrogen and oxygen atoms in total. The van der Waals surface area contributed by atoms with E-state index in [9.17, 15) is 4.79 Å². The first kappa shape index (κ1) is 16.8. The lowest BCUT2D eigenvalue weighted by molar-refractivity contribution is -0.0527. The highest BCUT2D eigenvalue weighted by Crippen LogP contribution is 2.30. The minimum Gasteiger partial charge on any atom is -0.444 e. The lowest BCUT2D eigenvalue weighted by atomic mass is 9.99. The van der Waals surface area contributed by atoms with Crippen LogP contribution in [0.5, 0.6) is 0 Å². The average molecular weight is 305 g/mol. The van der Waals surface area contributed by atoms with Crippen molar-refractivity contribution in [2.24, 2.45) is 0 Å². The van der Waals surface area contributed by atoms with Gasteiger partial charge in [-0.2, -0.15) is 0 Å². The van der Waals surface area contributed by atoms with Gasteiger partial charge in [-0.1, -0.05) is 37.3 Å². The molecule has 1 atom stereocenters. The van der Waals surface area contributed by atoms with Crippen molar-refractivity contribution in [3.05, 3.63) is 35.9 Å². The molecule has 0 aromatic heterocycles. The third-order valence-electron chi connectivity index (χ3n) is 4.00. The van der Waals surface area contributed by atoms with E-state index in [1.807, 2.05) is 39.0 Å². The highest BCUT2D eigenvalue weighted by molar-refractivity contribution is 5.68. The summed E-state index contributed by atoms with van der Waals surface area (Å²) in [5, 5.41) is 0. The SMILES string of the molecule is CCC1(OCc2ccccc2)CCN(C(=O)OC(C)(C)C)C1. The molecule has 4 heteroatoms. The van der Waals surface area contributed by atoms with E-state index in [0.717, 1.165) is 18.4 Å². The predicted octanol–water partition coefficient (Wildman–Crippen LogP) is 3.99. The van der Waals surface area contributed by atoms with E-state index in [2.05, 4.69) is 19.1 Å². The molecule has 1 aliphatic heterocycles. The molecule has 122 valence electrons. The van der Waals surface area contributed by atoms with Crippen LogP contribution >= 0.6 is 0 Å². The van der Waals surface area contributed by atoms with Crippen LogP contribution in [0.1, 0.15) is 46.1 Å². The summed E-state index contributed by atoms with van der Waals surface area (Å²) in [7, 11) is 0. The lowest BCUT2D eigenvalue weighted by Crippen LogP contribution is -2.40. The summed E-state index contributed by atoms with van der Waals surface area (Å²) in [4.78, 5) is 14.0. The van der Waals surface area contributed by atoms with Gasteiger partial charge in [0.15, 0.2) is 0 Å². The summed E-state index contributed by atoms with van der Waals surface area (Å²) >= 11 is 0. The second-order valence-corrected chi connectivity index (χ2v) is 6.96. The molecule has 2 rings (SSSR count). The number of amides is 1. The number of benzene rings is 1. The highest BCUT2D eigenvalue weighted by Gasteiger charge is 2.40. The third-order valence-corrected chi connectivity index (χ3v) is 4.00. The molecule has 1 amide bonds. The Morgan fingerprint density at radius 3 is 2.55 bits per heavy atom. The Kier molecular flexibility index (Phi) is 5.12. The van der Waals surface area contributed by atoms with E-state index >= 15 is 0 Å². The molecule has 1 aliphatic rings.